The summed E-state index contributed by atoms with van der Waals surface area (Å²) in [5.74, 6) is 0.354. The maximum atomic E-state index is 10.1. The Hall–Kier alpha value is -1.51. The van der Waals surface area contributed by atoms with E-state index in [-0.39, 0.29) is 0 Å². The van der Waals surface area contributed by atoms with Crippen LogP contribution in [0.4, 0.5) is 0 Å². The molecule has 3 rings (SSSR count). The molecular formula is C14H18N2O5. The van der Waals surface area contributed by atoms with Crippen molar-refractivity contribution in [3.05, 3.63) is 29.6 Å². The summed E-state index contributed by atoms with van der Waals surface area (Å²) in [6, 6.07) is 5.67. The second-order valence-corrected chi connectivity index (χ2v) is 5.39. The van der Waals surface area contributed by atoms with Crippen molar-refractivity contribution in [2.24, 2.45) is 0 Å². The van der Waals surface area contributed by atoms with E-state index in [1.54, 1.807) is 0 Å². The minimum atomic E-state index is -1.41. The largest absolute Gasteiger partial charge is 0.394 e. The van der Waals surface area contributed by atoms with E-state index in [2.05, 4.69) is 9.97 Å². The van der Waals surface area contributed by atoms with Crippen LogP contribution in [0.2, 0.25) is 0 Å². The maximum absolute atomic E-state index is 10.1. The number of aryl methyl sites for hydroxylation is 1. The van der Waals surface area contributed by atoms with Gasteiger partial charge < -0.3 is 30.1 Å². The third-order valence-corrected chi connectivity index (χ3v) is 3.82. The molecule has 1 fully saturated rings. The summed E-state index contributed by atoms with van der Waals surface area (Å²) in [7, 11) is 0. The zero-order valence-electron chi connectivity index (χ0n) is 11.5. The highest BCUT2D eigenvalue weighted by molar-refractivity contribution is 5.75. The van der Waals surface area contributed by atoms with E-state index < -0.39 is 37.1 Å². The molecule has 1 aromatic carbocycles. The molecule has 1 saturated heterocycles. The Morgan fingerprint density at radius 2 is 1.95 bits per heavy atom. The Kier molecular flexibility index (Phi) is 3.68. The van der Waals surface area contributed by atoms with Gasteiger partial charge in [0.2, 0.25) is 0 Å². The lowest BCUT2D eigenvalue weighted by atomic mass is 9.95. The van der Waals surface area contributed by atoms with Crippen LogP contribution < -0.4 is 0 Å². The van der Waals surface area contributed by atoms with Gasteiger partial charge >= 0.3 is 0 Å². The Balaban J connectivity index is 1.96. The second kappa shape index (κ2) is 5.36. The summed E-state index contributed by atoms with van der Waals surface area (Å²) in [6.45, 7) is 1.49. The molecule has 7 nitrogen and oxygen atoms in total. The fourth-order valence-electron chi connectivity index (χ4n) is 2.61. The summed E-state index contributed by atoms with van der Waals surface area (Å²) in [5, 5.41) is 38.9. The van der Waals surface area contributed by atoms with Crippen molar-refractivity contribution in [2.45, 2.75) is 37.4 Å². The van der Waals surface area contributed by atoms with Gasteiger partial charge in [0, 0.05) is 0 Å². The van der Waals surface area contributed by atoms with Crippen molar-refractivity contribution in [3.8, 4) is 0 Å². The molecule has 5 N–H and O–H groups in total. The summed E-state index contributed by atoms with van der Waals surface area (Å²) >= 11 is 0. The molecule has 114 valence electrons. The second-order valence-electron chi connectivity index (χ2n) is 5.39. The van der Waals surface area contributed by atoms with Crippen LogP contribution >= 0.6 is 0 Å². The van der Waals surface area contributed by atoms with Gasteiger partial charge in [-0.2, -0.15) is 0 Å². The molecule has 0 bridgehead atoms. The monoisotopic (exact) mass is 294 g/mol. The molecule has 0 spiro atoms. The number of nitrogens with one attached hydrogen (secondary N) is 1. The number of imidazole rings is 1. The Morgan fingerprint density at radius 3 is 2.67 bits per heavy atom. The van der Waals surface area contributed by atoms with Crippen LogP contribution in [0.5, 0.6) is 0 Å². The van der Waals surface area contributed by atoms with Crippen molar-refractivity contribution < 1.29 is 25.2 Å². The molecule has 7 heteroatoms. The number of hydrogen-bond donors (Lipinski definition) is 5. The molecule has 5 atom stereocenters. The third-order valence-electron chi connectivity index (χ3n) is 3.82. The van der Waals surface area contributed by atoms with E-state index >= 15 is 0 Å². The third kappa shape index (κ3) is 2.43. The van der Waals surface area contributed by atoms with Crippen LogP contribution in [0.15, 0.2) is 18.2 Å². The van der Waals surface area contributed by atoms with Gasteiger partial charge in [-0.25, -0.2) is 4.98 Å². The van der Waals surface area contributed by atoms with Crippen molar-refractivity contribution in [3.63, 3.8) is 0 Å². The van der Waals surface area contributed by atoms with Gasteiger partial charge in [-0.05, 0) is 24.6 Å². The smallest absolute Gasteiger partial charge is 0.144 e. The Bertz CT molecular complexity index is 641. The lowest BCUT2D eigenvalue weighted by molar-refractivity contribution is -0.233. The van der Waals surface area contributed by atoms with Gasteiger partial charge in [0.05, 0.1) is 17.6 Å². The molecule has 0 unspecified atom stereocenters. The normalized spacial score (nSPS) is 33.5. The number of H-pyrrole nitrogens is 1. The van der Waals surface area contributed by atoms with Gasteiger partial charge in [0.1, 0.15) is 36.3 Å². The number of fused-ring (bicyclic) bond motifs is 1. The number of aromatic nitrogens is 2. The number of benzene rings is 1. The summed E-state index contributed by atoms with van der Waals surface area (Å²) in [5.41, 5.74) is 2.57. The van der Waals surface area contributed by atoms with Crippen LogP contribution in [0.3, 0.4) is 0 Å². The molecule has 1 aromatic heterocycles. The van der Waals surface area contributed by atoms with E-state index in [9.17, 15) is 20.4 Å². The van der Waals surface area contributed by atoms with Gasteiger partial charge in [-0.1, -0.05) is 6.07 Å². The van der Waals surface area contributed by atoms with Gasteiger partial charge in [-0.15, -0.1) is 0 Å². The van der Waals surface area contributed by atoms with E-state index in [0.717, 1.165) is 11.1 Å². The zero-order valence-corrected chi connectivity index (χ0v) is 11.5. The topological polar surface area (TPSA) is 119 Å². The van der Waals surface area contributed by atoms with Crippen LogP contribution in [0, 0.1) is 6.92 Å². The first kappa shape index (κ1) is 14.4. The lowest BCUT2D eigenvalue weighted by Gasteiger charge is -2.39. The number of aromatic amines is 1. The van der Waals surface area contributed by atoms with E-state index in [1.807, 2.05) is 25.1 Å². The van der Waals surface area contributed by atoms with Crippen molar-refractivity contribution in [1.29, 1.82) is 0 Å². The van der Waals surface area contributed by atoms with Crippen molar-refractivity contribution >= 4 is 11.0 Å². The van der Waals surface area contributed by atoms with E-state index in [4.69, 9.17) is 4.74 Å². The lowest BCUT2D eigenvalue weighted by Crippen LogP contribution is -2.55. The van der Waals surface area contributed by atoms with Gasteiger partial charge in [-0.3, -0.25) is 0 Å². The minimum Gasteiger partial charge on any atom is -0.394 e. The first-order chi connectivity index (χ1) is 10.0. The highest BCUT2D eigenvalue weighted by atomic mass is 16.5. The molecule has 21 heavy (non-hydrogen) atoms. The summed E-state index contributed by atoms with van der Waals surface area (Å²) in [6.07, 6.45) is -5.98. The fraction of sp³-hybridized carbons (Fsp3) is 0.500. The van der Waals surface area contributed by atoms with Gasteiger partial charge in [0.25, 0.3) is 0 Å². The molecule has 2 aromatic rings. The number of aliphatic hydroxyl groups is 4. The number of nitrogens with zero attached hydrogens (tertiary/aromatic N) is 1. The number of hydrogen-bond acceptors (Lipinski definition) is 6. The van der Waals surface area contributed by atoms with Crippen molar-refractivity contribution in [1.82, 2.24) is 9.97 Å². The predicted octanol–water partition coefficient (Wildman–Crippen LogP) is -0.614. The number of aliphatic hydroxyl groups excluding tert-OH is 4. The Labute approximate surface area is 120 Å². The molecule has 0 radical (unpaired) electrons. The number of ether oxygens (including phenoxy) is 1. The van der Waals surface area contributed by atoms with Crippen LogP contribution in [-0.4, -0.2) is 61.4 Å². The average molecular weight is 294 g/mol. The molecule has 0 aliphatic carbocycles. The highest BCUT2D eigenvalue weighted by Gasteiger charge is 2.45. The molecule has 1 aliphatic rings. The first-order valence-corrected chi connectivity index (χ1v) is 6.78. The Morgan fingerprint density at radius 1 is 1.19 bits per heavy atom. The van der Waals surface area contributed by atoms with E-state index in [1.165, 1.54) is 0 Å². The minimum absolute atomic E-state index is 0.354. The van der Waals surface area contributed by atoms with Crippen LogP contribution in [0.1, 0.15) is 17.5 Å². The van der Waals surface area contributed by atoms with E-state index in [0.29, 0.717) is 11.3 Å². The van der Waals surface area contributed by atoms with Crippen LogP contribution in [0.25, 0.3) is 11.0 Å². The standard InChI is InChI=1S/C14H18N2O5/c1-6-2-3-7-8(4-6)16-14(15-7)13-12(20)11(19)10(18)9(5-17)21-13/h2-4,9-13,17-20H,5H2,1H3,(H,15,16)/t9-,10+,11+,12+,13-/m0/s1. The molecular weight excluding hydrogens is 276 g/mol. The molecule has 2 heterocycles. The highest BCUT2D eigenvalue weighted by Crippen LogP contribution is 2.31. The van der Waals surface area contributed by atoms with Gasteiger partial charge in [0.15, 0.2) is 0 Å². The SMILES string of the molecule is Cc1ccc2nc([C@H]3O[C@@H](CO)[C@@H](O)[C@@H](O)[C@H]3O)[nH]c2c1. The van der Waals surface area contributed by atoms with Crippen molar-refractivity contribution in [2.75, 3.05) is 6.61 Å². The first-order valence-electron chi connectivity index (χ1n) is 6.78. The number of rotatable bonds is 2. The van der Waals surface area contributed by atoms with Crippen LogP contribution in [-0.2, 0) is 4.74 Å². The maximum Gasteiger partial charge on any atom is 0.144 e. The summed E-state index contributed by atoms with van der Waals surface area (Å²) in [4.78, 5) is 7.39. The molecule has 0 amide bonds. The molecule has 1 aliphatic heterocycles. The summed E-state index contributed by atoms with van der Waals surface area (Å²) < 4.78 is 5.47. The fourth-order valence-corrected chi connectivity index (χ4v) is 2.61. The zero-order chi connectivity index (χ0) is 15.1. The molecule has 0 saturated carbocycles. The quantitative estimate of drug-likeness (QED) is 0.504. The average Bonchev–Trinajstić information content (AvgIpc) is 2.88. The predicted molar refractivity (Wildman–Crippen MR) is 73.6 cm³/mol.